The molecule has 3 aliphatic rings. The standard InChI is InChI=1S/C23H24N2O5/c1-13(26)19(20(27)29-2)25-23(16-8-7-14-10-30-11-15(14)9-16)12-22(23)17-5-3-4-6-18(17)24-21(22)28/h3-9,13,19,25-26H,10-12H2,1-2H3,(H,24,28)/t13-,19?,22?,23-/m0/s1. The minimum absolute atomic E-state index is 0.109. The summed E-state index contributed by atoms with van der Waals surface area (Å²) in [6, 6.07) is 12.7. The molecule has 0 radical (unpaired) electrons. The topological polar surface area (TPSA) is 96.9 Å². The Kier molecular flexibility index (Phi) is 4.25. The van der Waals surface area contributed by atoms with Crippen molar-refractivity contribution in [1.82, 2.24) is 5.32 Å². The van der Waals surface area contributed by atoms with Crippen LogP contribution in [0.15, 0.2) is 42.5 Å². The Bertz CT molecular complexity index is 1050. The fraction of sp³-hybridized carbons (Fsp3) is 0.391. The maximum atomic E-state index is 13.3. The van der Waals surface area contributed by atoms with Crippen molar-refractivity contribution in [2.45, 2.75) is 49.7 Å². The second kappa shape index (κ2) is 6.63. The summed E-state index contributed by atoms with van der Waals surface area (Å²) in [7, 11) is 1.29. The zero-order valence-electron chi connectivity index (χ0n) is 16.9. The highest BCUT2D eigenvalue weighted by atomic mass is 16.5. The monoisotopic (exact) mass is 408 g/mol. The molecule has 2 unspecified atom stereocenters. The number of anilines is 1. The van der Waals surface area contributed by atoms with E-state index >= 15 is 0 Å². The number of fused-ring (bicyclic) bond motifs is 3. The summed E-state index contributed by atoms with van der Waals surface area (Å²) in [5.74, 6) is -0.676. The number of nitrogens with one attached hydrogen (secondary N) is 2. The Morgan fingerprint density at radius 1 is 1.23 bits per heavy atom. The average molecular weight is 408 g/mol. The molecule has 3 N–H and O–H groups in total. The van der Waals surface area contributed by atoms with Crippen LogP contribution in [0.4, 0.5) is 5.69 Å². The molecule has 1 saturated carbocycles. The van der Waals surface area contributed by atoms with Gasteiger partial charge >= 0.3 is 5.97 Å². The van der Waals surface area contributed by atoms with E-state index in [1.165, 1.54) is 14.0 Å². The maximum Gasteiger partial charge on any atom is 0.325 e. The first-order valence-corrected chi connectivity index (χ1v) is 10.1. The van der Waals surface area contributed by atoms with Crippen LogP contribution in [-0.2, 0) is 43.2 Å². The van der Waals surface area contributed by atoms with E-state index in [1.807, 2.05) is 36.4 Å². The van der Waals surface area contributed by atoms with Gasteiger partial charge < -0.3 is 19.9 Å². The number of methoxy groups -OCH3 is 1. The number of aliphatic hydroxyl groups excluding tert-OH is 1. The molecule has 2 aromatic carbocycles. The minimum atomic E-state index is -0.996. The predicted octanol–water partition coefficient (Wildman–Crippen LogP) is 1.72. The van der Waals surface area contributed by atoms with Crippen LogP contribution in [0, 0.1) is 0 Å². The van der Waals surface area contributed by atoms with E-state index < -0.39 is 29.1 Å². The molecule has 0 bridgehead atoms. The number of amides is 1. The third-order valence-corrected chi connectivity index (χ3v) is 6.71. The van der Waals surface area contributed by atoms with Crippen LogP contribution in [0.1, 0.15) is 35.6 Å². The van der Waals surface area contributed by atoms with Gasteiger partial charge in [-0.3, -0.25) is 14.9 Å². The SMILES string of the molecule is COC(=O)C(N[C@]1(c2ccc3c(c2)COC3)CC12C(=O)Nc1ccccc12)[C@H](C)O. The van der Waals surface area contributed by atoms with E-state index in [9.17, 15) is 14.7 Å². The summed E-state index contributed by atoms with van der Waals surface area (Å²) in [5, 5.41) is 16.6. The number of aliphatic hydroxyl groups is 1. The quantitative estimate of drug-likeness (QED) is 0.652. The van der Waals surface area contributed by atoms with Crippen LogP contribution < -0.4 is 10.6 Å². The predicted molar refractivity (Wildman–Crippen MR) is 109 cm³/mol. The van der Waals surface area contributed by atoms with Crippen LogP contribution in [0.25, 0.3) is 0 Å². The molecule has 30 heavy (non-hydrogen) atoms. The van der Waals surface area contributed by atoms with Gasteiger partial charge in [0.1, 0.15) is 11.5 Å². The molecular weight excluding hydrogens is 384 g/mol. The van der Waals surface area contributed by atoms with E-state index in [0.717, 1.165) is 27.9 Å². The number of carbonyl (C=O) groups excluding carboxylic acids is 2. The Balaban J connectivity index is 1.65. The first-order valence-electron chi connectivity index (χ1n) is 10.1. The Morgan fingerprint density at radius 3 is 2.77 bits per heavy atom. The van der Waals surface area contributed by atoms with E-state index in [-0.39, 0.29) is 5.91 Å². The van der Waals surface area contributed by atoms with E-state index in [2.05, 4.69) is 16.7 Å². The molecule has 2 aliphatic heterocycles. The van der Waals surface area contributed by atoms with Crippen LogP contribution in [0.3, 0.4) is 0 Å². The van der Waals surface area contributed by atoms with Gasteiger partial charge in [0.25, 0.3) is 0 Å². The lowest BCUT2D eigenvalue weighted by molar-refractivity contribution is -0.146. The van der Waals surface area contributed by atoms with Crippen LogP contribution >= 0.6 is 0 Å². The third kappa shape index (κ3) is 2.49. The Morgan fingerprint density at radius 2 is 2.00 bits per heavy atom. The number of hydrogen-bond acceptors (Lipinski definition) is 6. The normalized spacial score (nSPS) is 27.9. The second-order valence-corrected chi connectivity index (χ2v) is 8.35. The number of hydrogen-bond donors (Lipinski definition) is 3. The average Bonchev–Trinajstić information content (AvgIpc) is 3.04. The van der Waals surface area contributed by atoms with Crippen molar-refractivity contribution in [1.29, 1.82) is 0 Å². The van der Waals surface area contributed by atoms with Crippen molar-refractivity contribution < 1.29 is 24.2 Å². The molecule has 1 spiro atoms. The summed E-state index contributed by atoms with van der Waals surface area (Å²) in [4.78, 5) is 25.7. The largest absolute Gasteiger partial charge is 0.468 e. The number of para-hydroxylation sites is 1. The Labute approximate surface area is 174 Å². The van der Waals surface area contributed by atoms with Crippen LogP contribution in [0.2, 0.25) is 0 Å². The molecule has 1 fully saturated rings. The number of esters is 1. The number of benzene rings is 2. The number of ether oxygens (including phenoxy) is 2. The lowest BCUT2D eigenvalue weighted by Gasteiger charge is -2.30. The highest BCUT2D eigenvalue weighted by Gasteiger charge is 2.76. The molecule has 1 aliphatic carbocycles. The van der Waals surface area contributed by atoms with Crippen LogP contribution in [0.5, 0.6) is 0 Å². The van der Waals surface area contributed by atoms with Gasteiger partial charge in [0, 0.05) is 5.69 Å². The van der Waals surface area contributed by atoms with Gasteiger partial charge in [-0.2, -0.15) is 0 Å². The van der Waals surface area contributed by atoms with Crippen molar-refractivity contribution in [3.8, 4) is 0 Å². The van der Waals surface area contributed by atoms with E-state index in [1.54, 1.807) is 0 Å². The highest BCUT2D eigenvalue weighted by Crippen LogP contribution is 2.68. The number of carbonyl (C=O) groups is 2. The molecule has 2 aromatic rings. The summed E-state index contributed by atoms with van der Waals surface area (Å²) in [6.45, 7) is 2.63. The maximum absolute atomic E-state index is 13.3. The second-order valence-electron chi connectivity index (χ2n) is 8.35. The lowest BCUT2D eigenvalue weighted by atomic mass is 9.86. The zero-order valence-corrected chi connectivity index (χ0v) is 16.9. The summed E-state index contributed by atoms with van der Waals surface area (Å²) < 4.78 is 10.5. The fourth-order valence-corrected chi connectivity index (χ4v) is 5.08. The smallest absolute Gasteiger partial charge is 0.325 e. The molecule has 156 valence electrons. The molecule has 7 nitrogen and oxygen atoms in total. The Hall–Kier alpha value is -2.74. The molecule has 0 saturated heterocycles. The molecule has 4 atom stereocenters. The van der Waals surface area contributed by atoms with Gasteiger partial charge in [0.05, 0.1) is 32.0 Å². The molecule has 5 rings (SSSR count). The first kappa shape index (κ1) is 19.2. The van der Waals surface area contributed by atoms with Gasteiger partial charge in [-0.25, -0.2) is 0 Å². The third-order valence-electron chi connectivity index (χ3n) is 6.71. The van der Waals surface area contributed by atoms with Crippen molar-refractivity contribution in [2.75, 3.05) is 12.4 Å². The molecule has 7 heteroatoms. The van der Waals surface area contributed by atoms with Gasteiger partial charge in [0.15, 0.2) is 0 Å². The number of rotatable bonds is 5. The zero-order chi connectivity index (χ0) is 21.1. The van der Waals surface area contributed by atoms with E-state index in [0.29, 0.717) is 19.6 Å². The summed E-state index contributed by atoms with van der Waals surface area (Å²) in [5.41, 5.74) is 3.06. The van der Waals surface area contributed by atoms with Gasteiger partial charge in [-0.15, -0.1) is 0 Å². The highest BCUT2D eigenvalue weighted by molar-refractivity contribution is 6.10. The van der Waals surface area contributed by atoms with Crippen molar-refractivity contribution >= 4 is 17.6 Å². The van der Waals surface area contributed by atoms with Gasteiger partial charge in [0.2, 0.25) is 5.91 Å². The molecule has 0 aromatic heterocycles. The van der Waals surface area contributed by atoms with Gasteiger partial charge in [-0.05, 0) is 41.7 Å². The van der Waals surface area contributed by atoms with Crippen molar-refractivity contribution in [2.24, 2.45) is 0 Å². The summed E-state index contributed by atoms with van der Waals surface area (Å²) in [6.07, 6.45) is -0.521. The molecular formula is C23H24N2O5. The molecule has 2 heterocycles. The van der Waals surface area contributed by atoms with Crippen molar-refractivity contribution in [3.63, 3.8) is 0 Å². The molecule has 1 amide bonds. The van der Waals surface area contributed by atoms with E-state index in [4.69, 9.17) is 9.47 Å². The van der Waals surface area contributed by atoms with Gasteiger partial charge in [-0.1, -0.05) is 36.4 Å². The lowest BCUT2D eigenvalue weighted by Crippen LogP contribution is -2.53. The van der Waals surface area contributed by atoms with Crippen molar-refractivity contribution in [3.05, 3.63) is 64.7 Å². The first-order chi connectivity index (χ1) is 14.4. The summed E-state index contributed by atoms with van der Waals surface area (Å²) >= 11 is 0. The fourth-order valence-electron chi connectivity index (χ4n) is 5.08. The van der Waals surface area contributed by atoms with Crippen LogP contribution in [-0.4, -0.2) is 36.2 Å². The minimum Gasteiger partial charge on any atom is -0.468 e.